The van der Waals surface area contributed by atoms with E-state index < -0.39 is 0 Å². The summed E-state index contributed by atoms with van der Waals surface area (Å²) in [7, 11) is 1.82. The summed E-state index contributed by atoms with van der Waals surface area (Å²) in [6, 6.07) is 8.17. The Kier molecular flexibility index (Phi) is 7.43. The van der Waals surface area contributed by atoms with Crippen LogP contribution in [0.2, 0.25) is 0 Å². The largest absolute Gasteiger partial charge is 0.494 e. The maximum absolute atomic E-state index is 5.71. The van der Waals surface area contributed by atoms with Crippen LogP contribution in [0.4, 0.5) is 0 Å². The van der Waals surface area contributed by atoms with E-state index in [2.05, 4.69) is 46.4 Å². The third kappa shape index (κ3) is 6.18. The van der Waals surface area contributed by atoms with E-state index in [1.54, 1.807) is 0 Å². The van der Waals surface area contributed by atoms with Gasteiger partial charge in [0.1, 0.15) is 5.75 Å². The summed E-state index contributed by atoms with van der Waals surface area (Å²) in [6.07, 6.45) is 3.62. The number of hydrogen-bond donors (Lipinski definition) is 2. The van der Waals surface area contributed by atoms with Crippen LogP contribution in [0, 0.1) is 6.92 Å². The Morgan fingerprint density at radius 3 is 2.82 bits per heavy atom. The quantitative estimate of drug-likeness (QED) is 0.460. The first-order chi connectivity index (χ1) is 10.8. The fourth-order valence-corrected chi connectivity index (χ4v) is 3.54. The number of benzene rings is 1. The molecule has 1 saturated heterocycles. The van der Waals surface area contributed by atoms with E-state index in [-0.39, 0.29) is 0 Å². The number of ether oxygens (including phenoxy) is 1. The Balaban J connectivity index is 1.55. The van der Waals surface area contributed by atoms with E-state index in [0.29, 0.717) is 6.61 Å². The summed E-state index contributed by atoms with van der Waals surface area (Å²) in [4.78, 5) is 4.26. The van der Waals surface area contributed by atoms with Gasteiger partial charge in [-0.15, -0.1) is 0 Å². The van der Waals surface area contributed by atoms with Crippen LogP contribution < -0.4 is 15.4 Å². The second-order valence-corrected chi connectivity index (χ2v) is 6.94. The molecule has 0 amide bonds. The minimum atomic E-state index is 0.714. The summed E-state index contributed by atoms with van der Waals surface area (Å²) < 4.78 is 5.71. The molecule has 0 aromatic heterocycles. The van der Waals surface area contributed by atoms with Crippen molar-refractivity contribution >= 4 is 17.7 Å². The molecule has 2 rings (SSSR count). The van der Waals surface area contributed by atoms with Crippen LogP contribution in [0.1, 0.15) is 24.8 Å². The smallest absolute Gasteiger partial charge is 0.191 e. The highest BCUT2D eigenvalue weighted by Gasteiger charge is 2.15. The molecule has 2 N–H and O–H groups in total. The van der Waals surface area contributed by atoms with Crippen LogP contribution in [0.15, 0.2) is 29.3 Å². The molecule has 122 valence electrons. The number of thioether (sulfide) groups is 1. The van der Waals surface area contributed by atoms with Crippen LogP contribution in [0.25, 0.3) is 0 Å². The van der Waals surface area contributed by atoms with Crippen molar-refractivity contribution in [3.63, 3.8) is 0 Å². The Bertz CT molecular complexity index is 455. The molecule has 1 aliphatic heterocycles. The lowest BCUT2D eigenvalue weighted by molar-refractivity contribution is 0.311. The van der Waals surface area contributed by atoms with E-state index in [1.165, 1.54) is 24.2 Å². The zero-order chi connectivity index (χ0) is 15.6. The molecule has 0 radical (unpaired) electrons. The van der Waals surface area contributed by atoms with Gasteiger partial charge in [0.25, 0.3) is 0 Å². The van der Waals surface area contributed by atoms with Crippen molar-refractivity contribution < 1.29 is 4.74 Å². The van der Waals surface area contributed by atoms with Gasteiger partial charge in [0.15, 0.2) is 5.96 Å². The third-order valence-corrected chi connectivity index (χ3v) is 5.05. The van der Waals surface area contributed by atoms with Gasteiger partial charge in [-0.3, -0.25) is 4.99 Å². The first-order valence-electron chi connectivity index (χ1n) is 8.03. The number of guanidine groups is 1. The van der Waals surface area contributed by atoms with Gasteiger partial charge in [0.2, 0.25) is 0 Å². The molecule has 1 aromatic carbocycles. The summed E-state index contributed by atoms with van der Waals surface area (Å²) in [5.41, 5.74) is 1.25. The van der Waals surface area contributed by atoms with Gasteiger partial charge in [-0.05, 0) is 44.1 Å². The highest BCUT2D eigenvalue weighted by molar-refractivity contribution is 8.00. The van der Waals surface area contributed by atoms with Gasteiger partial charge < -0.3 is 15.4 Å². The number of hydrogen-bond acceptors (Lipinski definition) is 3. The highest BCUT2D eigenvalue weighted by Crippen LogP contribution is 2.25. The van der Waals surface area contributed by atoms with Crippen molar-refractivity contribution in [2.75, 3.05) is 32.5 Å². The second-order valence-electron chi connectivity index (χ2n) is 5.53. The lowest BCUT2D eigenvalue weighted by atomic mass is 10.2. The Morgan fingerprint density at radius 1 is 1.32 bits per heavy atom. The van der Waals surface area contributed by atoms with Gasteiger partial charge in [-0.2, -0.15) is 11.8 Å². The monoisotopic (exact) mass is 321 g/mol. The predicted octanol–water partition coefficient (Wildman–Crippen LogP) is 2.82. The number of nitrogens with one attached hydrogen (secondary N) is 2. The molecule has 0 spiro atoms. The molecule has 5 heteroatoms. The summed E-state index contributed by atoms with van der Waals surface area (Å²) in [6.45, 7) is 4.66. The SMILES string of the molecule is CN=C(NCCCOc1ccc(C)cc1)NCC1CCCS1. The molecule has 0 aliphatic carbocycles. The van der Waals surface area contributed by atoms with Crippen molar-refractivity contribution in [3.8, 4) is 5.75 Å². The fraction of sp³-hybridized carbons (Fsp3) is 0.588. The fourth-order valence-electron chi connectivity index (χ4n) is 2.34. The molecule has 1 aliphatic rings. The lowest BCUT2D eigenvalue weighted by Crippen LogP contribution is -2.40. The average molecular weight is 321 g/mol. The van der Waals surface area contributed by atoms with Crippen LogP contribution in [0.3, 0.4) is 0 Å². The van der Waals surface area contributed by atoms with Gasteiger partial charge in [0, 0.05) is 25.4 Å². The maximum Gasteiger partial charge on any atom is 0.191 e. The van der Waals surface area contributed by atoms with Crippen molar-refractivity contribution in [2.24, 2.45) is 4.99 Å². The minimum Gasteiger partial charge on any atom is -0.494 e. The normalized spacial score (nSPS) is 18.3. The molecular weight excluding hydrogens is 294 g/mol. The second kappa shape index (κ2) is 9.62. The lowest BCUT2D eigenvalue weighted by Gasteiger charge is -2.14. The molecule has 1 aromatic rings. The van der Waals surface area contributed by atoms with Gasteiger partial charge in [-0.25, -0.2) is 0 Å². The third-order valence-electron chi connectivity index (χ3n) is 3.65. The average Bonchev–Trinajstić information content (AvgIpc) is 3.05. The Morgan fingerprint density at radius 2 is 2.14 bits per heavy atom. The standard InChI is InChI=1S/C17H27N3OS/c1-14-6-8-15(9-7-14)21-11-4-10-19-17(18-2)20-13-16-5-3-12-22-16/h6-9,16H,3-5,10-13H2,1-2H3,(H2,18,19,20). The van der Waals surface area contributed by atoms with Crippen molar-refractivity contribution in [1.82, 2.24) is 10.6 Å². The molecule has 0 bridgehead atoms. The van der Waals surface area contributed by atoms with Crippen LogP contribution >= 0.6 is 11.8 Å². The van der Waals surface area contributed by atoms with E-state index in [4.69, 9.17) is 4.74 Å². The minimum absolute atomic E-state index is 0.714. The van der Waals surface area contributed by atoms with Crippen LogP contribution in [-0.4, -0.2) is 43.7 Å². The summed E-state index contributed by atoms with van der Waals surface area (Å²) >= 11 is 2.06. The maximum atomic E-state index is 5.71. The van der Waals surface area contributed by atoms with Gasteiger partial charge >= 0.3 is 0 Å². The van der Waals surface area contributed by atoms with Crippen molar-refractivity contribution in [2.45, 2.75) is 31.4 Å². The Hall–Kier alpha value is -1.36. The molecule has 1 fully saturated rings. The Labute approximate surface area is 138 Å². The van der Waals surface area contributed by atoms with Gasteiger partial charge in [-0.1, -0.05) is 17.7 Å². The van der Waals surface area contributed by atoms with Gasteiger partial charge in [0.05, 0.1) is 6.61 Å². The molecule has 1 atom stereocenters. The van der Waals surface area contributed by atoms with E-state index in [0.717, 1.165) is 36.5 Å². The number of aliphatic imine (C=N–C) groups is 1. The molecular formula is C17H27N3OS. The number of rotatable bonds is 7. The predicted molar refractivity (Wildman–Crippen MR) is 96.1 cm³/mol. The molecule has 22 heavy (non-hydrogen) atoms. The summed E-state index contributed by atoms with van der Waals surface area (Å²) in [5, 5.41) is 7.48. The van der Waals surface area contributed by atoms with E-state index in [9.17, 15) is 0 Å². The zero-order valence-corrected chi connectivity index (χ0v) is 14.4. The van der Waals surface area contributed by atoms with Crippen molar-refractivity contribution in [3.05, 3.63) is 29.8 Å². The van der Waals surface area contributed by atoms with Crippen LogP contribution in [-0.2, 0) is 0 Å². The van der Waals surface area contributed by atoms with E-state index >= 15 is 0 Å². The topological polar surface area (TPSA) is 45.7 Å². The molecule has 4 nitrogen and oxygen atoms in total. The molecule has 1 heterocycles. The first-order valence-corrected chi connectivity index (χ1v) is 9.08. The molecule has 0 saturated carbocycles. The van der Waals surface area contributed by atoms with Crippen molar-refractivity contribution in [1.29, 1.82) is 0 Å². The van der Waals surface area contributed by atoms with E-state index in [1.807, 2.05) is 19.2 Å². The summed E-state index contributed by atoms with van der Waals surface area (Å²) in [5.74, 6) is 3.13. The molecule has 1 unspecified atom stereocenters. The number of nitrogens with zero attached hydrogens (tertiary/aromatic N) is 1. The highest BCUT2D eigenvalue weighted by atomic mass is 32.2. The zero-order valence-electron chi connectivity index (χ0n) is 13.6. The van der Waals surface area contributed by atoms with Crippen LogP contribution in [0.5, 0.6) is 5.75 Å². The number of aryl methyl sites for hydroxylation is 1. The first kappa shape index (κ1) is 17.0.